The van der Waals surface area contributed by atoms with Gasteiger partial charge in [0.15, 0.2) is 5.82 Å². The fourth-order valence-corrected chi connectivity index (χ4v) is 4.67. The van der Waals surface area contributed by atoms with Crippen LogP contribution in [0.2, 0.25) is 0 Å². The predicted octanol–water partition coefficient (Wildman–Crippen LogP) is 3.28. The first kappa shape index (κ1) is 16.8. The standard InChI is InChI=1S/C18H27FN4O2/c1-18(16-21-15(25-22-16)12-9-13(12)19)7-8-23(17(20)24)14(10-18)11-5-3-2-4-6-11/h11-14H,2-10H2,1H3,(H2,20,24)/t12-,13+,14?,18?/m1/s1. The van der Waals surface area contributed by atoms with Crippen molar-refractivity contribution in [2.45, 2.75) is 81.8 Å². The number of nitrogens with zero attached hydrogens (tertiary/aromatic N) is 3. The molecule has 0 bridgehead atoms. The van der Waals surface area contributed by atoms with Crippen molar-refractivity contribution < 1.29 is 13.7 Å². The molecule has 0 spiro atoms. The molecule has 25 heavy (non-hydrogen) atoms. The van der Waals surface area contributed by atoms with Crippen LogP contribution in [0.1, 0.15) is 75.9 Å². The molecule has 6 nitrogen and oxygen atoms in total. The van der Waals surface area contributed by atoms with Crippen LogP contribution >= 0.6 is 0 Å². The minimum atomic E-state index is -0.840. The van der Waals surface area contributed by atoms with Crippen molar-refractivity contribution in [3.63, 3.8) is 0 Å². The van der Waals surface area contributed by atoms with Gasteiger partial charge in [-0.25, -0.2) is 9.18 Å². The number of carbonyl (C=O) groups is 1. The summed E-state index contributed by atoms with van der Waals surface area (Å²) in [5.74, 6) is 1.36. The molecular formula is C18H27FN4O2. The summed E-state index contributed by atoms with van der Waals surface area (Å²) in [6, 6.07) is -0.196. The summed E-state index contributed by atoms with van der Waals surface area (Å²) in [5, 5.41) is 4.17. The Morgan fingerprint density at radius 1 is 1.36 bits per heavy atom. The molecule has 138 valence electrons. The van der Waals surface area contributed by atoms with Gasteiger partial charge in [-0.15, -0.1) is 0 Å². The molecule has 3 fully saturated rings. The first-order chi connectivity index (χ1) is 12.0. The smallest absolute Gasteiger partial charge is 0.315 e. The van der Waals surface area contributed by atoms with Gasteiger partial charge in [0.05, 0.1) is 5.92 Å². The second kappa shape index (κ2) is 6.25. The van der Waals surface area contributed by atoms with Crippen LogP contribution in [0.15, 0.2) is 4.52 Å². The van der Waals surface area contributed by atoms with E-state index in [1.165, 1.54) is 19.3 Å². The molecule has 1 saturated heterocycles. The van der Waals surface area contributed by atoms with Crippen molar-refractivity contribution in [3.05, 3.63) is 11.7 Å². The second-order valence-corrected chi connectivity index (χ2v) is 8.33. The monoisotopic (exact) mass is 350 g/mol. The zero-order chi connectivity index (χ0) is 17.6. The third-order valence-electron chi connectivity index (χ3n) is 6.45. The Morgan fingerprint density at radius 2 is 2.08 bits per heavy atom. The summed E-state index contributed by atoms with van der Waals surface area (Å²) in [4.78, 5) is 18.3. The molecule has 3 aliphatic rings. The molecule has 4 atom stereocenters. The first-order valence-electron chi connectivity index (χ1n) is 9.52. The highest BCUT2D eigenvalue weighted by atomic mass is 19.1. The van der Waals surface area contributed by atoms with Crippen LogP contribution < -0.4 is 5.73 Å². The molecule has 7 heteroatoms. The Balaban J connectivity index is 1.55. The molecule has 2 N–H and O–H groups in total. The van der Waals surface area contributed by atoms with Gasteiger partial charge in [0, 0.05) is 18.0 Å². The van der Waals surface area contributed by atoms with Gasteiger partial charge in [-0.1, -0.05) is 31.3 Å². The first-order valence-corrected chi connectivity index (χ1v) is 9.52. The number of hydrogen-bond donors (Lipinski definition) is 1. The fraction of sp³-hybridized carbons (Fsp3) is 0.833. The molecule has 0 aromatic carbocycles. The summed E-state index contributed by atoms with van der Waals surface area (Å²) in [6.07, 6.45) is 7.20. The van der Waals surface area contributed by atoms with E-state index in [-0.39, 0.29) is 23.4 Å². The quantitative estimate of drug-likeness (QED) is 0.906. The molecule has 1 aromatic heterocycles. The molecule has 0 radical (unpaired) electrons. The highest BCUT2D eigenvalue weighted by Crippen LogP contribution is 2.45. The molecular weight excluding hydrogens is 323 g/mol. The van der Waals surface area contributed by atoms with Gasteiger partial charge in [0.2, 0.25) is 5.89 Å². The van der Waals surface area contributed by atoms with Crippen LogP contribution in [0.4, 0.5) is 9.18 Å². The van der Waals surface area contributed by atoms with Crippen LogP contribution in [0.3, 0.4) is 0 Å². The lowest BCUT2D eigenvalue weighted by Crippen LogP contribution is -2.55. The number of piperidine rings is 1. The van der Waals surface area contributed by atoms with Gasteiger partial charge >= 0.3 is 6.03 Å². The van der Waals surface area contributed by atoms with Gasteiger partial charge < -0.3 is 15.2 Å². The largest absolute Gasteiger partial charge is 0.351 e. The Hall–Kier alpha value is -1.66. The Labute approximate surface area is 147 Å². The lowest BCUT2D eigenvalue weighted by molar-refractivity contribution is 0.0707. The second-order valence-electron chi connectivity index (χ2n) is 8.33. The van der Waals surface area contributed by atoms with Gasteiger partial charge in [-0.05, 0) is 38.0 Å². The van der Waals surface area contributed by atoms with Crippen LogP contribution in [0.5, 0.6) is 0 Å². The van der Waals surface area contributed by atoms with Gasteiger partial charge in [0.1, 0.15) is 6.17 Å². The highest BCUT2D eigenvalue weighted by Gasteiger charge is 2.47. The van der Waals surface area contributed by atoms with E-state index >= 15 is 0 Å². The summed E-state index contributed by atoms with van der Waals surface area (Å²) in [5.41, 5.74) is 5.40. The van der Waals surface area contributed by atoms with Gasteiger partial charge in [-0.2, -0.15) is 4.98 Å². The van der Waals surface area contributed by atoms with Crippen LogP contribution in [-0.2, 0) is 5.41 Å². The van der Waals surface area contributed by atoms with Crippen molar-refractivity contribution in [2.24, 2.45) is 11.7 Å². The number of amides is 2. The number of nitrogens with two attached hydrogens (primary N) is 1. The number of alkyl halides is 1. The third-order valence-corrected chi connectivity index (χ3v) is 6.45. The summed E-state index contributed by atoms with van der Waals surface area (Å²) < 4.78 is 18.6. The van der Waals surface area contributed by atoms with Crippen molar-refractivity contribution in [3.8, 4) is 0 Å². The summed E-state index contributed by atoms with van der Waals surface area (Å²) in [7, 11) is 0. The lowest BCUT2D eigenvalue weighted by atomic mass is 9.70. The van der Waals surface area contributed by atoms with E-state index in [1.807, 2.05) is 4.90 Å². The van der Waals surface area contributed by atoms with E-state index in [0.717, 1.165) is 25.7 Å². The Morgan fingerprint density at radius 3 is 2.72 bits per heavy atom. The van der Waals surface area contributed by atoms with E-state index in [1.54, 1.807) is 0 Å². The molecule has 4 rings (SSSR count). The molecule has 1 aliphatic heterocycles. The van der Waals surface area contributed by atoms with Crippen molar-refractivity contribution >= 4 is 6.03 Å². The molecule has 2 amide bonds. The SMILES string of the molecule is CC1(c2noc([C@@H]3C[C@@H]3F)n2)CCN(C(N)=O)C(C2CCCCC2)C1. The van der Waals surface area contributed by atoms with E-state index in [0.29, 0.717) is 30.6 Å². The number of rotatable bonds is 3. The number of urea groups is 1. The van der Waals surface area contributed by atoms with Crippen LogP contribution in [-0.4, -0.2) is 39.8 Å². The summed E-state index contributed by atoms with van der Waals surface area (Å²) >= 11 is 0. The zero-order valence-electron chi connectivity index (χ0n) is 14.8. The fourth-order valence-electron chi connectivity index (χ4n) is 4.67. The zero-order valence-corrected chi connectivity index (χ0v) is 14.8. The van der Waals surface area contributed by atoms with E-state index in [9.17, 15) is 9.18 Å². The average molecular weight is 350 g/mol. The number of primary amides is 1. The topological polar surface area (TPSA) is 85.2 Å². The Bertz CT molecular complexity index is 645. The molecule has 2 heterocycles. The third kappa shape index (κ3) is 3.13. The number of likely N-dealkylation sites (tertiary alicyclic amines) is 1. The summed E-state index contributed by atoms with van der Waals surface area (Å²) in [6.45, 7) is 2.75. The molecule has 1 aromatic rings. The maximum Gasteiger partial charge on any atom is 0.315 e. The molecule has 2 saturated carbocycles. The van der Waals surface area contributed by atoms with Crippen molar-refractivity contribution in [1.29, 1.82) is 0 Å². The predicted molar refractivity (Wildman–Crippen MR) is 89.8 cm³/mol. The minimum Gasteiger partial charge on any atom is -0.351 e. The van der Waals surface area contributed by atoms with E-state index in [2.05, 4.69) is 17.1 Å². The number of aromatic nitrogens is 2. The molecule has 2 aliphatic carbocycles. The number of carbonyl (C=O) groups excluding carboxylic acids is 1. The maximum atomic E-state index is 13.3. The maximum absolute atomic E-state index is 13.3. The van der Waals surface area contributed by atoms with Crippen molar-refractivity contribution in [1.82, 2.24) is 15.0 Å². The van der Waals surface area contributed by atoms with E-state index in [4.69, 9.17) is 10.3 Å². The normalized spacial score (nSPS) is 36.4. The molecule has 2 unspecified atom stereocenters. The lowest BCUT2D eigenvalue weighted by Gasteiger charge is -2.47. The van der Waals surface area contributed by atoms with Crippen molar-refractivity contribution in [2.75, 3.05) is 6.54 Å². The van der Waals surface area contributed by atoms with E-state index < -0.39 is 6.17 Å². The van der Waals surface area contributed by atoms with Crippen LogP contribution in [0.25, 0.3) is 0 Å². The number of hydrogen-bond acceptors (Lipinski definition) is 4. The Kier molecular flexibility index (Phi) is 4.20. The average Bonchev–Trinajstić information content (AvgIpc) is 3.13. The van der Waals surface area contributed by atoms with Crippen LogP contribution in [0, 0.1) is 5.92 Å². The minimum absolute atomic E-state index is 0.133. The highest BCUT2D eigenvalue weighted by molar-refractivity contribution is 5.72. The van der Waals surface area contributed by atoms with Gasteiger partial charge in [0.25, 0.3) is 0 Å². The van der Waals surface area contributed by atoms with Gasteiger partial charge in [-0.3, -0.25) is 0 Å². The number of halogens is 1.